The average molecular weight is 390 g/mol. The maximum atomic E-state index is 12.7. The lowest BCUT2D eigenvalue weighted by atomic mass is 9.88. The Kier molecular flexibility index (Phi) is 7.52. The van der Waals surface area contributed by atoms with Gasteiger partial charge in [0.05, 0.1) is 41.2 Å². The van der Waals surface area contributed by atoms with E-state index in [4.69, 9.17) is 23.7 Å². The first-order valence-corrected chi connectivity index (χ1v) is 8.79. The number of rotatable bonds is 9. The second-order valence-corrected chi connectivity index (χ2v) is 5.90. The van der Waals surface area contributed by atoms with Gasteiger partial charge in [-0.1, -0.05) is 12.1 Å². The molecular weight excluding hydrogens is 364 g/mol. The van der Waals surface area contributed by atoms with Crippen molar-refractivity contribution in [1.29, 1.82) is 0 Å². The number of esters is 1. The number of methoxy groups -OCH3 is 4. The molecule has 0 unspecified atom stereocenters. The van der Waals surface area contributed by atoms with E-state index in [0.717, 1.165) is 0 Å². The molecule has 152 valence electrons. The second-order valence-electron chi connectivity index (χ2n) is 5.90. The first-order chi connectivity index (χ1) is 13.5. The molecule has 2 rings (SSSR count). The van der Waals surface area contributed by atoms with Gasteiger partial charge in [0.2, 0.25) is 0 Å². The largest absolute Gasteiger partial charge is 0.493 e. The molecule has 2 atom stereocenters. The summed E-state index contributed by atoms with van der Waals surface area (Å²) in [6.45, 7) is 1.91. The monoisotopic (exact) mass is 390 g/mol. The van der Waals surface area contributed by atoms with Crippen LogP contribution in [0.15, 0.2) is 36.4 Å². The molecule has 0 aliphatic rings. The van der Waals surface area contributed by atoms with E-state index in [1.807, 2.05) is 0 Å². The topological polar surface area (TPSA) is 83.5 Å². The fourth-order valence-electron chi connectivity index (χ4n) is 2.95. The molecule has 0 saturated carbocycles. The Bertz CT molecular complexity index is 803. The van der Waals surface area contributed by atoms with Gasteiger partial charge in [0.25, 0.3) is 0 Å². The lowest BCUT2D eigenvalue weighted by Crippen LogP contribution is -2.23. The van der Waals surface area contributed by atoms with E-state index >= 15 is 0 Å². The molecule has 2 aromatic rings. The summed E-state index contributed by atoms with van der Waals surface area (Å²) in [5, 5.41) is 11.0. The third kappa shape index (κ3) is 4.48. The Labute approximate surface area is 164 Å². The van der Waals surface area contributed by atoms with Gasteiger partial charge in [-0.25, -0.2) is 0 Å². The van der Waals surface area contributed by atoms with Crippen LogP contribution in [0.25, 0.3) is 0 Å². The van der Waals surface area contributed by atoms with Crippen molar-refractivity contribution in [3.63, 3.8) is 0 Å². The number of hydrogen-bond acceptors (Lipinski definition) is 7. The summed E-state index contributed by atoms with van der Waals surface area (Å²) >= 11 is 0. The summed E-state index contributed by atoms with van der Waals surface area (Å²) in [5.74, 6) is 0.448. The molecule has 2 aromatic carbocycles. The van der Waals surface area contributed by atoms with E-state index in [1.54, 1.807) is 43.3 Å². The fourth-order valence-corrected chi connectivity index (χ4v) is 2.95. The summed E-state index contributed by atoms with van der Waals surface area (Å²) in [4.78, 5) is 12.7. The molecule has 0 aliphatic heterocycles. The minimum Gasteiger partial charge on any atom is -0.493 e. The van der Waals surface area contributed by atoms with Crippen LogP contribution < -0.4 is 18.9 Å². The Balaban J connectivity index is 2.50. The van der Waals surface area contributed by atoms with Gasteiger partial charge in [0.1, 0.15) is 5.92 Å². The third-order valence-electron chi connectivity index (χ3n) is 4.37. The van der Waals surface area contributed by atoms with Gasteiger partial charge in [-0.15, -0.1) is 0 Å². The molecule has 0 aliphatic carbocycles. The van der Waals surface area contributed by atoms with Gasteiger partial charge >= 0.3 is 5.97 Å². The van der Waals surface area contributed by atoms with Crippen LogP contribution in [0.1, 0.15) is 30.1 Å². The smallest absolute Gasteiger partial charge is 0.316 e. The van der Waals surface area contributed by atoms with Gasteiger partial charge in [-0.3, -0.25) is 4.79 Å². The lowest BCUT2D eigenvalue weighted by Gasteiger charge is -2.23. The molecule has 0 saturated heterocycles. The summed E-state index contributed by atoms with van der Waals surface area (Å²) in [5.41, 5.74) is 1.03. The number of ether oxygens (including phenoxy) is 5. The van der Waals surface area contributed by atoms with Crippen LogP contribution >= 0.6 is 0 Å². The van der Waals surface area contributed by atoms with Crippen molar-refractivity contribution >= 4 is 5.97 Å². The Morgan fingerprint density at radius 2 is 1.29 bits per heavy atom. The molecule has 28 heavy (non-hydrogen) atoms. The summed E-state index contributed by atoms with van der Waals surface area (Å²) < 4.78 is 26.3. The van der Waals surface area contributed by atoms with Gasteiger partial charge in [-0.2, -0.15) is 0 Å². The zero-order chi connectivity index (χ0) is 20.7. The van der Waals surface area contributed by atoms with E-state index in [0.29, 0.717) is 34.1 Å². The predicted octanol–water partition coefficient (Wildman–Crippen LogP) is 3.10. The lowest BCUT2D eigenvalue weighted by molar-refractivity contribution is -0.148. The van der Waals surface area contributed by atoms with E-state index in [1.165, 1.54) is 28.4 Å². The van der Waals surface area contributed by atoms with Gasteiger partial charge in [0, 0.05) is 0 Å². The highest BCUT2D eigenvalue weighted by molar-refractivity contribution is 5.79. The van der Waals surface area contributed by atoms with Crippen LogP contribution in [0.2, 0.25) is 0 Å². The molecular formula is C21H26O7. The third-order valence-corrected chi connectivity index (χ3v) is 4.37. The van der Waals surface area contributed by atoms with Crippen molar-refractivity contribution in [3.05, 3.63) is 47.5 Å². The number of hydrogen-bond donors (Lipinski definition) is 1. The minimum absolute atomic E-state index is 0.196. The second kappa shape index (κ2) is 9.85. The average Bonchev–Trinajstić information content (AvgIpc) is 2.73. The van der Waals surface area contributed by atoms with Gasteiger partial charge in [0.15, 0.2) is 23.0 Å². The number of carbonyl (C=O) groups is 1. The molecule has 0 radical (unpaired) electrons. The zero-order valence-corrected chi connectivity index (χ0v) is 16.7. The van der Waals surface area contributed by atoms with Crippen molar-refractivity contribution in [3.8, 4) is 23.0 Å². The molecule has 7 nitrogen and oxygen atoms in total. The van der Waals surface area contributed by atoms with E-state index in [2.05, 4.69) is 0 Å². The van der Waals surface area contributed by atoms with Crippen LogP contribution in [-0.4, -0.2) is 46.1 Å². The molecule has 7 heteroatoms. The first kappa shape index (κ1) is 21.4. The van der Waals surface area contributed by atoms with Crippen LogP contribution in [0.4, 0.5) is 0 Å². The molecule has 0 bridgehead atoms. The quantitative estimate of drug-likeness (QED) is 0.659. The number of benzene rings is 2. The maximum absolute atomic E-state index is 12.7. The van der Waals surface area contributed by atoms with Gasteiger partial charge < -0.3 is 28.8 Å². The minimum atomic E-state index is -1.17. The van der Waals surface area contributed by atoms with Gasteiger partial charge in [-0.05, 0) is 42.3 Å². The number of aliphatic hydroxyl groups is 1. The van der Waals surface area contributed by atoms with Crippen LogP contribution in [0.5, 0.6) is 23.0 Å². The highest BCUT2D eigenvalue weighted by Gasteiger charge is 2.32. The van der Waals surface area contributed by atoms with Crippen molar-refractivity contribution < 1.29 is 33.6 Å². The summed E-state index contributed by atoms with van der Waals surface area (Å²) in [6.07, 6.45) is -1.17. The number of aliphatic hydroxyl groups excluding tert-OH is 1. The maximum Gasteiger partial charge on any atom is 0.316 e. The molecule has 0 spiro atoms. The van der Waals surface area contributed by atoms with Crippen LogP contribution in [0, 0.1) is 0 Å². The SMILES string of the molecule is CCOC(=O)[C@H](c1ccc(OC)c(OC)c1)[C@@H](O)c1ccc(OC)c(OC)c1. The van der Waals surface area contributed by atoms with Crippen LogP contribution in [-0.2, 0) is 9.53 Å². The van der Waals surface area contributed by atoms with Crippen molar-refractivity contribution in [1.82, 2.24) is 0 Å². The Morgan fingerprint density at radius 1 is 0.821 bits per heavy atom. The molecule has 0 heterocycles. The Hall–Kier alpha value is -2.93. The molecule has 0 amide bonds. The highest BCUT2D eigenvalue weighted by atomic mass is 16.5. The van der Waals surface area contributed by atoms with E-state index < -0.39 is 18.0 Å². The normalized spacial score (nSPS) is 12.6. The fraction of sp³-hybridized carbons (Fsp3) is 0.381. The van der Waals surface area contributed by atoms with Crippen LogP contribution in [0.3, 0.4) is 0 Å². The molecule has 1 N–H and O–H groups in total. The Morgan fingerprint density at radius 3 is 1.75 bits per heavy atom. The first-order valence-electron chi connectivity index (χ1n) is 8.79. The van der Waals surface area contributed by atoms with Crippen molar-refractivity contribution in [2.45, 2.75) is 18.9 Å². The summed E-state index contributed by atoms with van der Waals surface area (Å²) in [6, 6.07) is 10.0. The van der Waals surface area contributed by atoms with E-state index in [9.17, 15) is 9.90 Å². The van der Waals surface area contributed by atoms with E-state index in [-0.39, 0.29) is 6.61 Å². The van der Waals surface area contributed by atoms with Crippen molar-refractivity contribution in [2.24, 2.45) is 0 Å². The molecule has 0 fully saturated rings. The standard InChI is InChI=1S/C21H26O7/c1-6-28-21(23)19(13-7-9-15(24-2)17(11-13)26-4)20(22)14-8-10-16(25-3)18(12-14)27-5/h7-12,19-20,22H,6H2,1-5H3/t19-,20+/m1/s1. The molecule has 0 aromatic heterocycles. The zero-order valence-electron chi connectivity index (χ0n) is 16.7. The highest BCUT2D eigenvalue weighted by Crippen LogP contribution is 2.39. The predicted molar refractivity (Wildman–Crippen MR) is 103 cm³/mol. The summed E-state index contributed by atoms with van der Waals surface area (Å²) in [7, 11) is 6.06. The number of carbonyl (C=O) groups excluding carboxylic acids is 1. The van der Waals surface area contributed by atoms with Crippen molar-refractivity contribution in [2.75, 3.05) is 35.0 Å².